The highest BCUT2D eigenvalue weighted by atomic mass is 16.5. The molecule has 0 saturated carbocycles. The van der Waals surface area contributed by atoms with E-state index in [4.69, 9.17) is 4.74 Å². The number of nitrogens with zero attached hydrogens (tertiary/aromatic N) is 1. The van der Waals surface area contributed by atoms with Crippen LogP contribution in [0.15, 0.2) is 18.3 Å². The molecule has 1 heterocycles. The topological polar surface area (TPSA) is 34.1 Å². The molecule has 0 fully saturated rings. The van der Waals surface area contributed by atoms with Gasteiger partial charge in [0, 0.05) is 25.0 Å². The summed E-state index contributed by atoms with van der Waals surface area (Å²) in [5, 5.41) is 3.63. The van der Waals surface area contributed by atoms with Crippen LogP contribution in [0.2, 0.25) is 0 Å². The van der Waals surface area contributed by atoms with Crippen molar-refractivity contribution in [3.05, 3.63) is 29.6 Å². The Morgan fingerprint density at radius 1 is 1.42 bits per heavy atom. The standard InChI is InChI=1S/C16H28N2O/c1-6-10-18-15(7-9-16(3,4)19-5)14-8-11-17-13(2)12-14/h8,11-12,15,18H,6-7,9-10H2,1-5H3. The van der Waals surface area contributed by atoms with Crippen LogP contribution in [0.5, 0.6) is 0 Å². The van der Waals surface area contributed by atoms with Gasteiger partial charge in [0.2, 0.25) is 0 Å². The van der Waals surface area contributed by atoms with Crippen LogP contribution in [0.3, 0.4) is 0 Å². The maximum atomic E-state index is 5.51. The second kappa shape index (κ2) is 7.61. The molecule has 0 amide bonds. The number of ether oxygens (including phenoxy) is 1. The van der Waals surface area contributed by atoms with Gasteiger partial charge in [-0.05, 0) is 64.3 Å². The Bertz CT molecular complexity index is 377. The van der Waals surface area contributed by atoms with Gasteiger partial charge >= 0.3 is 0 Å². The van der Waals surface area contributed by atoms with Gasteiger partial charge in [-0.2, -0.15) is 0 Å². The molecule has 0 bridgehead atoms. The Balaban J connectivity index is 2.71. The van der Waals surface area contributed by atoms with Crippen LogP contribution >= 0.6 is 0 Å². The minimum Gasteiger partial charge on any atom is -0.379 e. The molecule has 0 aliphatic carbocycles. The third kappa shape index (κ3) is 5.70. The summed E-state index contributed by atoms with van der Waals surface area (Å²) in [5.74, 6) is 0. The molecule has 19 heavy (non-hydrogen) atoms. The van der Waals surface area contributed by atoms with Gasteiger partial charge in [0.1, 0.15) is 0 Å². The van der Waals surface area contributed by atoms with Crippen molar-refractivity contribution in [2.24, 2.45) is 0 Å². The third-order valence-corrected chi connectivity index (χ3v) is 3.55. The van der Waals surface area contributed by atoms with E-state index < -0.39 is 0 Å². The van der Waals surface area contributed by atoms with Crippen molar-refractivity contribution in [1.82, 2.24) is 10.3 Å². The van der Waals surface area contributed by atoms with E-state index in [9.17, 15) is 0 Å². The Labute approximate surface area is 117 Å². The van der Waals surface area contributed by atoms with E-state index in [1.807, 2.05) is 13.1 Å². The first kappa shape index (κ1) is 16.1. The fourth-order valence-corrected chi connectivity index (χ4v) is 2.08. The van der Waals surface area contributed by atoms with Crippen LogP contribution in [0.1, 0.15) is 57.3 Å². The lowest BCUT2D eigenvalue weighted by Crippen LogP contribution is -2.28. The summed E-state index contributed by atoms with van der Waals surface area (Å²) < 4.78 is 5.51. The first-order valence-electron chi connectivity index (χ1n) is 7.19. The van der Waals surface area contributed by atoms with E-state index >= 15 is 0 Å². The second-order valence-corrected chi connectivity index (χ2v) is 5.74. The zero-order chi connectivity index (χ0) is 14.3. The summed E-state index contributed by atoms with van der Waals surface area (Å²) in [6.45, 7) is 9.56. The molecule has 0 radical (unpaired) electrons. The second-order valence-electron chi connectivity index (χ2n) is 5.74. The molecule has 0 aliphatic heterocycles. The van der Waals surface area contributed by atoms with E-state index in [0.717, 1.165) is 31.5 Å². The van der Waals surface area contributed by atoms with E-state index in [2.05, 4.69) is 43.2 Å². The first-order chi connectivity index (χ1) is 8.98. The van der Waals surface area contributed by atoms with Gasteiger partial charge in [-0.15, -0.1) is 0 Å². The van der Waals surface area contributed by atoms with Gasteiger partial charge < -0.3 is 10.1 Å². The molecule has 0 spiro atoms. The van der Waals surface area contributed by atoms with E-state index in [-0.39, 0.29) is 5.60 Å². The zero-order valence-electron chi connectivity index (χ0n) is 13.0. The summed E-state index contributed by atoms with van der Waals surface area (Å²) in [7, 11) is 1.78. The van der Waals surface area contributed by atoms with Gasteiger partial charge in [0.15, 0.2) is 0 Å². The molecular formula is C16H28N2O. The van der Waals surface area contributed by atoms with E-state index in [0.29, 0.717) is 6.04 Å². The van der Waals surface area contributed by atoms with Crippen molar-refractivity contribution >= 4 is 0 Å². The Kier molecular flexibility index (Phi) is 6.46. The van der Waals surface area contributed by atoms with Gasteiger partial charge in [-0.3, -0.25) is 4.98 Å². The highest BCUT2D eigenvalue weighted by molar-refractivity contribution is 5.19. The summed E-state index contributed by atoms with van der Waals surface area (Å²) in [6.07, 6.45) is 5.15. The van der Waals surface area contributed by atoms with Crippen molar-refractivity contribution in [2.45, 2.75) is 58.6 Å². The Morgan fingerprint density at radius 2 is 2.16 bits per heavy atom. The highest BCUT2D eigenvalue weighted by Gasteiger charge is 2.20. The number of methoxy groups -OCH3 is 1. The van der Waals surface area contributed by atoms with E-state index in [1.165, 1.54) is 5.56 Å². The number of nitrogens with one attached hydrogen (secondary N) is 1. The highest BCUT2D eigenvalue weighted by Crippen LogP contribution is 2.24. The Morgan fingerprint density at radius 3 is 2.74 bits per heavy atom. The fraction of sp³-hybridized carbons (Fsp3) is 0.688. The number of hydrogen-bond acceptors (Lipinski definition) is 3. The number of pyridine rings is 1. The lowest BCUT2D eigenvalue weighted by atomic mass is 9.95. The van der Waals surface area contributed by atoms with Gasteiger partial charge in [-0.25, -0.2) is 0 Å². The van der Waals surface area contributed by atoms with Crippen molar-refractivity contribution in [1.29, 1.82) is 0 Å². The lowest BCUT2D eigenvalue weighted by molar-refractivity contribution is 0.0117. The normalized spacial score (nSPS) is 13.5. The van der Waals surface area contributed by atoms with Crippen LogP contribution in [0, 0.1) is 6.92 Å². The largest absolute Gasteiger partial charge is 0.379 e. The molecule has 1 rings (SSSR count). The van der Waals surface area contributed by atoms with Crippen LogP contribution in [0.25, 0.3) is 0 Å². The number of rotatable bonds is 8. The molecule has 1 aromatic heterocycles. The molecule has 0 aliphatic rings. The average Bonchev–Trinajstić information content (AvgIpc) is 2.39. The van der Waals surface area contributed by atoms with Gasteiger partial charge in [0.05, 0.1) is 5.60 Å². The van der Waals surface area contributed by atoms with Gasteiger partial charge in [0.25, 0.3) is 0 Å². The predicted octanol–water partition coefficient (Wildman–Crippen LogP) is 3.64. The molecule has 0 aromatic carbocycles. The maximum Gasteiger partial charge on any atom is 0.0623 e. The number of aryl methyl sites for hydroxylation is 1. The van der Waals surface area contributed by atoms with Crippen molar-refractivity contribution in [2.75, 3.05) is 13.7 Å². The molecule has 1 unspecified atom stereocenters. The summed E-state index contributed by atoms with van der Waals surface area (Å²) in [4.78, 5) is 4.28. The number of aromatic nitrogens is 1. The van der Waals surface area contributed by atoms with Crippen LogP contribution in [-0.4, -0.2) is 24.2 Å². The van der Waals surface area contributed by atoms with Crippen LogP contribution < -0.4 is 5.32 Å². The summed E-state index contributed by atoms with van der Waals surface area (Å²) >= 11 is 0. The predicted molar refractivity (Wildman–Crippen MR) is 80.3 cm³/mol. The minimum atomic E-state index is -0.0613. The van der Waals surface area contributed by atoms with Crippen molar-refractivity contribution in [3.8, 4) is 0 Å². The monoisotopic (exact) mass is 264 g/mol. The Hall–Kier alpha value is -0.930. The van der Waals surface area contributed by atoms with Crippen molar-refractivity contribution in [3.63, 3.8) is 0 Å². The molecular weight excluding hydrogens is 236 g/mol. The molecule has 3 nitrogen and oxygen atoms in total. The molecule has 1 N–H and O–H groups in total. The van der Waals surface area contributed by atoms with Crippen LogP contribution in [-0.2, 0) is 4.74 Å². The van der Waals surface area contributed by atoms with Gasteiger partial charge in [-0.1, -0.05) is 6.92 Å². The third-order valence-electron chi connectivity index (χ3n) is 3.55. The average molecular weight is 264 g/mol. The lowest BCUT2D eigenvalue weighted by Gasteiger charge is -2.27. The molecule has 1 atom stereocenters. The number of hydrogen-bond donors (Lipinski definition) is 1. The molecule has 1 aromatic rings. The molecule has 3 heteroatoms. The van der Waals surface area contributed by atoms with Crippen LogP contribution in [0.4, 0.5) is 0 Å². The molecule has 0 saturated heterocycles. The summed E-state index contributed by atoms with van der Waals surface area (Å²) in [6, 6.07) is 4.67. The first-order valence-corrected chi connectivity index (χ1v) is 7.19. The smallest absolute Gasteiger partial charge is 0.0623 e. The quantitative estimate of drug-likeness (QED) is 0.778. The summed E-state index contributed by atoms with van der Waals surface area (Å²) in [5.41, 5.74) is 2.34. The minimum absolute atomic E-state index is 0.0613. The van der Waals surface area contributed by atoms with E-state index in [1.54, 1.807) is 7.11 Å². The SMILES string of the molecule is CCCNC(CCC(C)(C)OC)c1ccnc(C)c1. The maximum absolute atomic E-state index is 5.51. The van der Waals surface area contributed by atoms with Crippen molar-refractivity contribution < 1.29 is 4.74 Å². The zero-order valence-corrected chi connectivity index (χ0v) is 13.0. The fourth-order valence-electron chi connectivity index (χ4n) is 2.08. The molecule has 108 valence electrons.